The zero-order valence-corrected chi connectivity index (χ0v) is 18.7. The molecule has 1 aromatic heterocycles. The molecule has 4 rings (SSSR count). The Labute approximate surface area is 185 Å². The van der Waals surface area contributed by atoms with E-state index in [1.54, 1.807) is 0 Å². The predicted molar refractivity (Wildman–Crippen MR) is 127 cm³/mol. The van der Waals surface area contributed by atoms with Crippen LogP contribution in [0.3, 0.4) is 0 Å². The van der Waals surface area contributed by atoms with Crippen molar-refractivity contribution in [3.05, 3.63) is 36.2 Å². The highest BCUT2D eigenvalue weighted by Gasteiger charge is 2.15. The van der Waals surface area contributed by atoms with Crippen LogP contribution in [0, 0.1) is 12.8 Å². The minimum Gasteiger partial charge on any atom is -0.356 e. The van der Waals surface area contributed by atoms with Crippen LogP contribution in [0.1, 0.15) is 70.0 Å². The maximum atomic E-state index is 12.3. The number of amides is 1. The first kappa shape index (κ1) is 21.6. The molecule has 2 aliphatic rings. The van der Waals surface area contributed by atoms with Gasteiger partial charge in [0, 0.05) is 37.0 Å². The Bertz CT molecular complexity index is 855. The van der Waals surface area contributed by atoms with Crippen molar-refractivity contribution < 1.29 is 4.79 Å². The second kappa shape index (κ2) is 10.6. The van der Waals surface area contributed by atoms with Crippen molar-refractivity contribution in [2.75, 3.05) is 28.6 Å². The minimum atomic E-state index is 0.115. The first-order valence-electron chi connectivity index (χ1n) is 11.9. The van der Waals surface area contributed by atoms with Crippen molar-refractivity contribution in [3.8, 4) is 0 Å². The lowest BCUT2D eigenvalue weighted by Crippen LogP contribution is -2.30. The van der Waals surface area contributed by atoms with Crippen LogP contribution >= 0.6 is 0 Å². The van der Waals surface area contributed by atoms with Crippen LogP contribution in [0.25, 0.3) is 0 Å². The Morgan fingerprint density at radius 3 is 2.39 bits per heavy atom. The number of hydrogen-bond acceptors (Lipinski definition) is 5. The smallest absolute Gasteiger partial charge is 0.224 e. The average molecular weight is 422 g/mol. The molecule has 2 aromatic rings. The number of rotatable bonds is 7. The summed E-state index contributed by atoms with van der Waals surface area (Å²) in [6.45, 7) is 4.06. The molecule has 1 saturated heterocycles. The first-order chi connectivity index (χ1) is 15.2. The molecule has 0 spiro atoms. The molecule has 1 aliphatic carbocycles. The molecule has 1 amide bonds. The Morgan fingerprint density at radius 1 is 0.968 bits per heavy atom. The van der Waals surface area contributed by atoms with Gasteiger partial charge in [-0.05, 0) is 62.8 Å². The van der Waals surface area contributed by atoms with E-state index in [4.69, 9.17) is 0 Å². The molecule has 2 fully saturated rings. The zero-order chi connectivity index (χ0) is 21.5. The minimum absolute atomic E-state index is 0.115. The summed E-state index contributed by atoms with van der Waals surface area (Å²) in [6.07, 6.45) is 12.0. The lowest BCUT2D eigenvalue weighted by Gasteiger charge is -2.28. The van der Waals surface area contributed by atoms with E-state index < -0.39 is 0 Å². The summed E-state index contributed by atoms with van der Waals surface area (Å²) in [7, 11) is 0. The molecule has 31 heavy (non-hydrogen) atoms. The fourth-order valence-corrected chi connectivity index (χ4v) is 4.72. The van der Waals surface area contributed by atoms with Gasteiger partial charge in [0.15, 0.2) is 0 Å². The van der Waals surface area contributed by atoms with Gasteiger partial charge in [0.05, 0.1) is 0 Å². The van der Waals surface area contributed by atoms with Gasteiger partial charge in [-0.3, -0.25) is 4.79 Å². The van der Waals surface area contributed by atoms with Gasteiger partial charge in [0.1, 0.15) is 17.5 Å². The van der Waals surface area contributed by atoms with Crippen molar-refractivity contribution in [1.29, 1.82) is 0 Å². The largest absolute Gasteiger partial charge is 0.356 e. The van der Waals surface area contributed by atoms with E-state index in [-0.39, 0.29) is 5.91 Å². The fourth-order valence-electron chi connectivity index (χ4n) is 4.72. The van der Waals surface area contributed by atoms with Crippen LogP contribution in [0.4, 0.5) is 23.0 Å². The summed E-state index contributed by atoms with van der Waals surface area (Å²) in [5.74, 6) is 3.42. The lowest BCUT2D eigenvalue weighted by atomic mass is 9.86. The van der Waals surface area contributed by atoms with Crippen LogP contribution in [-0.2, 0) is 4.79 Å². The van der Waals surface area contributed by atoms with Crippen LogP contribution in [-0.4, -0.2) is 29.0 Å². The van der Waals surface area contributed by atoms with Crippen LogP contribution in [0.5, 0.6) is 0 Å². The third kappa shape index (κ3) is 6.42. The van der Waals surface area contributed by atoms with Gasteiger partial charge < -0.3 is 15.5 Å². The van der Waals surface area contributed by atoms with Gasteiger partial charge in [-0.2, -0.15) is 0 Å². The standard InChI is InChI=1S/C25H35N5O/c1-19-26-23(18-24(27-19)30-16-6-3-7-17-30)28-21-11-13-22(14-12-21)29-25(31)15-10-20-8-4-2-5-9-20/h11-14,18,20H,2-10,15-17H2,1H3,(H,29,31)(H,26,27,28). The molecule has 0 atom stereocenters. The summed E-state index contributed by atoms with van der Waals surface area (Å²) < 4.78 is 0. The third-order valence-electron chi connectivity index (χ3n) is 6.45. The highest BCUT2D eigenvalue weighted by atomic mass is 16.1. The molecule has 2 heterocycles. The number of carbonyl (C=O) groups excluding carboxylic acids is 1. The highest BCUT2D eigenvalue weighted by Crippen LogP contribution is 2.28. The van der Waals surface area contributed by atoms with Crippen molar-refractivity contribution >= 4 is 28.9 Å². The second-order valence-corrected chi connectivity index (χ2v) is 9.00. The monoisotopic (exact) mass is 421 g/mol. The molecule has 6 heteroatoms. The number of nitrogens with one attached hydrogen (secondary N) is 2. The Hall–Kier alpha value is -2.63. The van der Waals surface area contributed by atoms with E-state index in [9.17, 15) is 4.79 Å². The molecule has 0 bridgehead atoms. The summed E-state index contributed by atoms with van der Waals surface area (Å²) in [6, 6.07) is 9.88. The van der Waals surface area contributed by atoms with Gasteiger partial charge in [-0.25, -0.2) is 9.97 Å². The number of aryl methyl sites for hydroxylation is 1. The summed E-state index contributed by atoms with van der Waals surface area (Å²) in [5, 5.41) is 6.42. The highest BCUT2D eigenvalue weighted by molar-refractivity contribution is 5.90. The van der Waals surface area contributed by atoms with Crippen molar-refractivity contribution in [2.24, 2.45) is 5.92 Å². The molecular formula is C25H35N5O. The molecule has 1 aliphatic heterocycles. The fraction of sp³-hybridized carbons (Fsp3) is 0.560. The van der Waals surface area contributed by atoms with Crippen molar-refractivity contribution in [2.45, 2.75) is 71.1 Å². The van der Waals surface area contributed by atoms with E-state index in [1.807, 2.05) is 37.3 Å². The molecule has 0 radical (unpaired) electrons. The maximum absolute atomic E-state index is 12.3. The van der Waals surface area contributed by atoms with Crippen LogP contribution in [0.15, 0.2) is 30.3 Å². The number of aromatic nitrogens is 2. The number of anilines is 4. The molecule has 1 aromatic carbocycles. The second-order valence-electron chi connectivity index (χ2n) is 9.00. The number of hydrogen-bond donors (Lipinski definition) is 2. The van der Waals surface area contributed by atoms with E-state index in [2.05, 4.69) is 25.5 Å². The van der Waals surface area contributed by atoms with Gasteiger partial charge in [0.25, 0.3) is 0 Å². The topological polar surface area (TPSA) is 70.2 Å². The first-order valence-corrected chi connectivity index (χ1v) is 11.9. The van der Waals surface area contributed by atoms with Crippen molar-refractivity contribution in [1.82, 2.24) is 9.97 Å². The summed E-state index contributed by atoms with van der Waals surface area (Å²) in [5.41, 5.74) is 1.79. The van der Waals surface area contributed by atoms with Crippen LogP contribution in [0.2, 0.25) is 0 Å². The quantitative estimate of drug-likeness (QED) is 0.590. The van der Waals surface area contributed by atoms with Gasteiger partial charge in [-0.1, -0.05) is 32.1 Å². The molecule has 1 saturated carbocycles. The van der Waals surface area contributed by atoms with Gasteiger partial charge >= 0.3 is 0 Å². The Kier molecular flexibility index (Phi) is 7.39. The predicted octanol–water partition coefficient (Wildman–Crippen LogP) is 5.82. The van der Waals surface area contributed by atoms with Gasteiger partial charge in [0.2, 0.25) is 5.91 Å². The third-order valence-corrected chi connectivity index (χ3v) is 6.45. The normalized spacial score (nSPS) is 17.4. The molecule has 6 nitrogen and oxygen atoms in total. The molecule has 166 valence electrons. The van der Waals surface area contributed by atoms with Crippen LogP contribution < -0.4 is 15.5 Å². The summed E-state index contributed by atoms with van der Waals surface area (Å²) >= 11 is 0. The maximum Gasteiger partial charge on any atom is 0.224 e. The number of nitrogens with zero attached hydrogens (tertiary/aromatic N) is 3. The summed E-state index contributed by atoms with van der Waals surface area (Å²) in [4.78, 5) is 23.8. The average Bonchev–Trinajstić information content (AvgIpc) is 2.80. The SMILES string of the molecule is Cc1nc(Nc2ccc(NC(=O)CCC3CCCCC3)cc2)cc(N2CCCCC2)n1. The number of carbonyl (C=O) groups is 1. The van der Waals surface area contributed by atoms with Gasteiger partial charge in [-0.15, -0.1) is 0 Å². The Balaban J connectivity index is 1.31. The lowest BCUT2D eigenvalue weighted by molar-refractivity contribution is -0.116. The number of benzene rings is 1. The van der Waals surface area contributed by atoms with E-state index in [1.165, 1.54) is 51.4 Å². The molecule has 0 unspecified atom stereocenters. The molecule has 2 N–H and O–H groups in total. The molecular weight excluding hydrogens is 386 g/mol. The van der Waals surface area contributed by atoms with E-state index >= 15 is 0 Å². The van der Waals surface area contributed by atoms with E-state index in [0.29, 0.717) is 6.42 Å². The Morgan fingerprint density at radius 2 is 1.65 bits per heavy atom. The zero-order valence-electron chi connectivity index (χ0n) is 18.7. The van der Waals surface area contributed by atoms with Crippen molar-refractivity contribution in [3.63, 3.8) is 0 Å². The van der Waals surface area contributed by atoms with E-state index in [0.717, 1.165) is 54.3 Å². The number of piperidine rings is 1.